The molecule has 0 aliphatic rings. The maximum Gasteiger partial charge on any atom is 0.0702 e. The maximum absolute atomic E-state index is 5.96. The van der Waals surface area contributed by atoms with E-state index in [0.717, 1.165) is 19.6 Å². The van der Waals surface area contributed by atoms with Crippen molar-refractivity contribution in [3.8, 4) is 0 Å². The molecule has 0 saturated carbocycles. The number of rotatable bonds is 9. The molecule has 0 N–H and O–H groups in total. The largest absolute Gasteiger partial charge is 0.377 e. The minimum absolute atomic E-state index is 0.217. The second-order valence-electron chi connectivity index (χ2n) is 6.38. The molecule has 2 nitrogen and oxygen atoms in total. The molecule has 24 heavy (non-hydrogen) atoms. The molecule has 0 aliphatic heterocycles. The van der Waals surface area contributed by atoms with Crippen molar-refractivity contribution in [3.05, 3.63) is 71.8 Å². The predicted molar refractivity (Wildman–Crippen MR) is 102 cm³/mol. The van der Waals surface area contributed by atoms with Crippen molar-refractivity contribution < 1.29 is 4.74 Å². The topological polar surface area (TPSA) is 12.5 Å². The van der Waals surface area contributed by atoms with Gasteiger partial charge in [-0.3, -0.25) is 4.90 Å². The van der Waals surface area contributed by atoms with Crippen LogP contribution in [0.3, 0.4) is 0 Å². The SMILES string of the molecule is CCOC(C)C(CC)N(Cc1ccccc1)C(C)c1ccccc1. The highest BCUT2D eigenvalue weighted by atomic mass is 16.5. The molecule has 2 aromatic rings. The normalized spacial score (nSPS) is 15.2. The van der Waals surface area contributed by atoms with Crippen LogP contribution in [0.1, 0.15) is 51.3 Å². The molecule has 0 amide bonds. The number of hydrogen-bond donors (Lipinski definition) is 0. The molecule has 0 radical (unpaired) electrons. The molecular formula is C22H31NO. The Balaban J connectivity index is 2.29. The highest BCUT2D eigenvalue weighted by molar-refractivity contribution is 5.20. The van der Waals surface area contributed by atoms with Crippen LogP contribution in [0.2, 0.25) is 0 Å². The van der Waals surface area contributed by atoms with Crippen LogP contribution in [0.4, 0.5) is 0 Å². The van der Waals surface area contributed by atoms with Gasteiger partial charge in [-0.25, -0.2) is 0 Å². The van der Waals surface area contributed by atoms with E-state index in [1.807, 2.05) is 0 Å². The van der Waals surface area contributed by atoms with Crippen molar-refractivity contribution in [2.75, 3.05) is 6.61 Å². The second kappa shape index (κ2) is 9.61. The van der Waals surface area contributed by atoms with Gasteiger partial charge in [0, 0.05) is 25.2 Å². The molecule has 2 heteroatoms. The summed E-state index contributed by atoms with van der Waals surface area (Å²) >= 11 is 0. The van der Waals surface area contributed by atoms with E-state index in [-0.39, 0.29) is 6.10 Å². The summed E-state index contributed by atoms with van der Waals surface area (Å²) in [5, 5.41) is 0. The van der Waals surface area contributed by atoms with Gasteiger partial charge in [0.1, 0.15) is 0 Å². The van der Waals surface area contributed by atoms with E-state index in [2.05, 4.69) is 93.3 Å². The monoisotopic (exact) mass is 325 g/mol. The first-order valence-corrected chi connectivity index (χ1v) is 9.13. The van der Waals surface area contributed by atoms with Gasteiger partial charge in [-0.1, -0.05) is 67.6 Å². The summed E-state index contributed by atoms with van der Waals surface area (Å²) in [6, 6.07) is 22.2. The van der Waals surface area contributed by atoms with E-state index in [4.69, 9.17) is 4.74 Å². The van der Waals surface area contributed by atoms with Crippen molar-refractivity contribution >= 4 is 0 Å². The van der Waals surface area contributed by atoms with E-state index in [1.165, 1.54) is 11.1 Å². The van der Waals surface area contributed by atoms with E-state index in [0.29, 0.717) is 12.1 Å². The van der Waals surface area contributed by atoms with E-state index >= 15 is 0 Å². The molecule has 3 atom stereocenters. The van der Waals surface area contributed by atoms with Crippen LogP contribution < -0.4 is 0 Å². The quantitative estimate of drug-likeness (QED) is 0.607. The number of nitrogens with zero attached hydrogens (tertiary/aromatic N) is 1. The fourth-order valence-electron chi connectivity index (χ4n) is 3.47. The van der Waals surface area contributed by atoms with Crippen molar-refractivity contribution in [2.24, 2.45) is 0 Å². The number of benzene rings is 2. The zero-order valence-corrected chi connectivity index (χ0v) is 15.5. The van der Waals surface area contributed by atoms with Crippen molar-refractivity contribution in [3.63, 3.8) is 0 Å². The van der Waals surface area contributed by atoms with E-state index in [9.17, 15) is 0 Å². The Morgan fingerprint density at radius 3 is 2.00 bits per heavy atom. The molecule has 3 unspecified atom stereocenters. The van der Waals surface area contributed by atoms with E-state index < -0.39 is 0 Å². The van der Waals surface area contributed by atoms with Crippen LogP contribution >= 0.6 is 0 Å². The summed E-state index contributed by atoms with van der Waals surface area (Å²) in [6.45, 7) is 10.5. The summed E-state index contributed by atoms with van der Waals surface area (Å²) in [5.41, 5.74) is 2.71. The van der Waals surface area contributed by atoms with Gasteiger partial charge < -0.3 is 4.74 Å². The Morgan fingerprint density at radius 1 is 0.875 bits per heavy atom. The highest BCUT2D eigenvalue weighted by Crippen LogP contribution is 2.28. The molecular weight excluding hydrogens is 294 g/mol. The third kappa shape index (κ3) is 4.93. The Morgan fingerprint density at radius 2 is 1.46 bits per heavy atom. The minimum atomic E-state index is 0.217. The fraction of sp³-hybridized carbons (Fsp3) is 0.455. The third-order valence-electron chi connectivity index (χ3n) is 4.80. The van der Waals surface area contributed by atoms with Gasteiger partial charge in [-0.05, 0) is 38.3 Å². The maximum atomic E-state index is 5.96. The lowest BCUT2D eigenvalue weighted by atomic mass is 9.99. The summed E-state index contributed by atoms with van der Waals surface area (Å²) in [5.74, 6) is 0. The Kier molecular flexibility index (Phi) is 7.48. The van der Waals surface area contributed by atoms with Gasteiger partial charge in [-0.15, -0.1) is 0 Å². The Labute approximate surface area is 147 Å². The first kappa shape index (κ1) is 18.7. The molecule has 0 saturated heterocycles. The van der Waals surface area contributed by atoms with Crippen LogP contribution in [0.5, 0.6) is 0 Å². The standard InChI is InChI=1S/C22H31NO/c1-5-22(19(4)24-6-2)23(17-20-13-9-7-10-14-20)18(3)21-15-11-8-12-16-21/h7-16,18-19,22H,5-6,17H2,1-4H3. The molecule has 2 rings (SSSR count). The van der Waals surface area contributed by atoms with Gasteiger partial charge in [-0.2, -0.15) is 0 Å². The van der Waals surface area contributed by atoms with Crippen molar-refractivity contribution in [1.82, 2.24) is 4.90 Å². The lowest BCUT2D eigenvalue weighted by Crippen LogP contribution is -2.44. The lowest BCUT2D eigenvalue weighted by Gasteiger charge is -2.39. The molecule has 0 fully saturated rings. The zero-order valence-electron chi connectivity index (χ0n) is 15.5. The average Bonchev–Trinajstić information content (AvgIpc) is 2.63. The highest BCUT2D eigenvalue weighted by Gasteiger charge is 2.28. The first-order valence-electron chi connectivity index (χ1n) is 9.13. The molecule has 130 valence electrons. The molecule has 0 aromatic heterocycles. The minimum Gasteiger partial charge on any atom is -0.377 e. The first-order chi connectivity index (χ1) is 11.7. The summed E-state index contributed by atoms with van der Waals surface area (Å²) < 4.78 is 5.96. The van der Waals surface area contributed by atoms with Gasteiger partial charge in [0.05, 0.1) is 6.10 Å². The number of ether oxygens (including phenoxy) is 1. The predicted octanol–water partition coefficient (Wildman–Crippen LogP) is 5.45. The zero-order chi connectivity index (χ0) is 17.4. The molecule has 0 heterocycles. The van der Waals surface area contributed by atoms with Crippen LogP contribution in [0, 0.1) is 0 Å². The lowest BCUT2D eigenvalue weighted by molar-refractivity contribution is -0.0173. The van der Waals surface area contributed by atoms with Crippen LogP contribution in [0.25, 0.3) is 0 Å². The fourth-order valence-corrected chi connectivity index (χ4v) is 3.47. The average molecular weight is 325 g/mol. The smallest absolute Gasteiger partial charge is 0.0702 e. The van der Waals surface area contributed by atoms with E-state index in [1.54, 1.807) is 0 Å². The Hall–Kier alpha value is -1.64. The second-order valence-corrected chi connectivity index (χ2v) is 6.38. The van der Waals surface area contributed by atoms with Gasteiger partial charge in [0.15, 0.2) is 0 Å². The Bertz CT molecular complexity index is 569. The van der Waals surface area contributed by atoms with Crippen LogP contribution in [0.15, 0.2) is 60.7 Å². The molecule has 0 spiro atoms. The molecule has 0 aliphatic carbocycles. The van der Waals surface area contributed by atoms with Gasteiger partial charge in [0.2, 0.25) is 0 Å². The summed E-state index contributed by atoms with van der Waals surface area (Å²) in [7, 11) is 0. The summed E-state index contributed by atoms with van der Waals surface area (Å²) in [4.78, 5) is 2.59. The summed E-state index contributed by atoms with van der Waals surface area (Å²) in [6.07, 6.45) is 1.29. The van der Waals surface area contributed by atoms with Crippen molar-refractivity contribution in [1.29, 1.82) is 0 Å². The van der Waals surface area contributed by atoms with Gasteiger partial charge in [0.25, 0.3) is 0 Å². The van der Waals surface area contributed by atoms with Crippen LogP contribution in [-0.4, -0.2) is 23.7 Å². The van der Waals surface area contributed by atoms with Gasteiger partial charge >= 0.3 is 0 Å². The third-order valence-corrected chi connectivity index (χ3v) is 4.80. The van der Waals surface area contributed by atoms with Crippen LogP contribution in [-0.2, 0) is 11.3 Å². The molecule has 2 aromatic carbocycles. The number of hydrogen-bond acceptors (Lipinski definition) is 2. The molecule has 0 bridgehead atoms. The van der Waals surface area contributed by atoms with Crippen molar-refractivity contribution in [2.45, 2.75) is 58.8 Å².